The second kappa shape index (κ2) is 10.4. The molecule has 0 aromatic heterocycles. The van der Waals surface area contributed by atoms with Gasteiger partial charge in [0.05, 0.1) is 6.21 Å². The molecule has 1 N–H and O–H groups in total. The Hall–Kier alpha value is -3.92. The van der Waals surface area contributed by atoms with Crippen molar-refractivity contribution in [1.29, 1.82) is 0 Å². The van der Waals surface area contributed by atoms with Crippen molar-refractivity contribution in [3.63, 3.8) is 0 Å². The number of hydrogen-bond acceptors (Lipinski definition) is 3. The Morgan fingerprint density at radius 2 is 1.72 bits per heavy atom. The first-order valence-electron chi connectivity index (χ1n) is 9.33. The fourth-order valence-corrected chi connectivity index (χ4v) is 3.03. The zero-order valence-electron chi connectivity index (χ0n) is 16.1. The molecule has 0 spiro atoms. The summed E-state index contributed by atoms with van der Waals surface area (Å²) in [4.78, 5) is 12.5. The monoisotopic (exact) mass is 381 g/mol. The van der Waals surface area contributed by atoms with E-state index in [0.717, 1.165) is 17.8 Å². The van der Waals surface area contributed by atoms with Crippen molar-refractivity contribution < 1.29 is 4.79 Å². The van der Waals surface area contributed by atoms with Crippen molar-refractivity contribution in [3.8, 4) is 0 Å². The van der Waals surface area contributed by atoms with Crippen LogP contribution in [-0.2, 0) is 11.3 Å². The molecule has 144 valence electrons. The molecule has 0 atom stereocenters. The maximum absolute atomic E-state index is 10.3. The second-order valence-corrected chi connectivity index (χ2v) is 6.32. The van der Waals surface area contributed by atoms with E-state index >= 15 is 0 Å². The Balaban J connectivity index is 1.90. The van der Waals surface area contributed by atoms with Gasteiger partial charge in [-0.25, -0.2) is 5.43 Å². The number of carbonyl (C=O) groups excluding carboxylic acids is 1. The van der Waals surface area contributed by atoms with Crippen molar-refractivity contribution in [2.75, 3.05) is 4.90 Å². The number of amides is 1. The lowest BCUT2D eigenvalue weighted by Gasteiger charge is -2.22. The summed E-state index contributed by atoms with van der Waals surface area (Å²) >= 11 is 0. The van der Waals surface area contributed by atoms with E-state index in [1.54, 1.807) is 12.3 Å². The molecule has 0 aliphatic carbocycles. The Bertz CT molecular complexity index is 1040. The Labute approximate surface area is 171 Å². The minimum atomic E-state index is 0.540. The summed E-state index contributed by atoms with van der Waals surface area (Å²) in [6.07, 6.45) is 11.8. The summed E-state index contributed by atoms with van der Waals surface area (Å²) in [6.45, 7) is 4.44. The molecule has 0 fully saturated rings. The number of carbonyl (C=O) groups is 1. The smallest absolute Gasteiger partial charge is 0.227 e. The van der Waals surface area contributed by atoms with Crippen LogP contribution >= 0.6 is 0 Å². The lowest BCUT2D eigenvalue weighted by atomic mass is 10.0. The van der Waals surface area contributed by atoms with Crippen LogP contribution in [0.2, 0.25) is 0 Å². The van der Waals surface area contributed by atoms with Gasteiger partial charge in [0.25, 0.3) is 0 Å². The van der Waals surface area contributed by atoms with Gasteiger partial charge in [0, 0.05) is 18.4 Å². The fourth-order valence-electron chi connectivity index (χ4n) is 3.03. The van der Waals surface area contributed by atoms with Crippen LogP contribution in [0.15, 0.2) is 109 Å². The first kappa shape index (κ1) is 19.8. The second-order valence-electron chi connectivity index (χ2n) is 6.32. The molecule has 0 heterocycles. The highest BCUT2D eigenvalue weighted by Gasteiger charge is 2.07. The Kier molecular flexibility index (Phi) is 7.13. The summed E-state index contributed by atoms with van der Waals surface area (Å²) < 4.78 is 0. The van der Waals surface area contributed by atoms with Crippen LogP contribution in [-0.4, -0.2) is 12.6 Å². The van der Waals surface area contributed by atoms with E-state index in [2.05, 4.69) is 70.7 Å². The minimum Gasteiger partial charge on any atom is -0.344 e. The fraction of sp³-hybridized carbons (Fsp3) is 0.0400. The van der Waals surface area contributed by atoms with Gasteiger partial charge in [-0.1, -0.05) is 79.4 Å². The SMILES string of the molecule is C=C/C=C\C=C\N(Cc1cccc2ccccc12)c1ccc(/C=N/NC=O)cc1. The number of anilines is 1. The number of fused-ring (bicyclic) bond motifs is 1. The predicted octanol–water partition coefficient (Wildman–Crippen LogP) is 5.18. The van der Waals surface area contributed by atoms with Gasteiger partial charge < -0.3 is 4.90 Å². The predicted molar refractivity (Wildman–Crippen MR) is 122 cm³/mol. The van der Waals surface area contributed by atoms with Gasteiger partial charge in [0.2, 0.25) is 6.41 Å². The molecule has 4 nitrogen and oxygen atoms in total. The van der Waals surface area contributed by atoms with Crippen LogP contribution in [0.25, 0.3) is 10.8 Å². The summed E-state index contributed by atoms with van der Waals surface area (Å²) in [5, 5.41) is 6.30. The summed E-state index contributed by atoms with van der Waals surface area (Å²) in [7, 11) is 0. The third kappa shape index (κ3) is 5.53. The molecule has 0 aliphatic heterocycles. The van der Waals surface area contributed by atoms with Crippen LogP contribution in [0.3, 0.4) is 0 Å². The van der Waals surface area contributed by atoms with Crippen molar-refractivity contribution in [3.05, 3.63) is 115 Å². The molecule has 0 aliphatic rings. The van der Waals surface area contributed by atoms with Gasteiger partial charge >= 0.3 is 0 Å². The lowest BCUT2D eigenvalue weighted by molar-refractivity contribution is -0.109. The van der Waals surface area contributed by atoms with Crippen LogP contribution in [0.4, 0.5) is 5.69 Å². The normalized spacial score (nSPS) is 11.4. The first-order valence-corrected chi connectivity index (χ1v) is 9.33. The largest absolute Gasteiger partial charge is 0.344 e. The van der Waals surface area contributed by atoms with Crippen molar-refractivity contribution in [2.24, 2.45) is 5.10 Å². The number of hydrogen-bond donors (Lipinski definition) is 1. The Morgan fingerprint density at radius 3 is 2.52 bits per heavy atom. The molecule has 0 saturated heterocycles. The number of allylic oxidation sites excluding steroid dienone is 4. The van der Waals surface area contributed by atoms with E-state index in [9.17, 15) is 4.79 Å². The minimum absolute atomic E-state index is 0.540. The van der Waals surface area contributed by atoms with Gasteiger partial charge in [0.1, 0.15) is 0 Å². The van der Waals surface area contributed by atoms with Crippen LogP contribution in [0, 0.1) is 0 Å². The highest BCUT2D eigenvalue weighted by Crippen LogP contribution is 2.24. The zero-order valence-corrected chi connectivity index (χ0v) is 16.1. The van der Waals surface area contributed by atoms with E-state index < -0.39 is 0 Å². The molecule has 0 bridgehead atoms. The molecular formula is C25H23N3O. The van der Waals surface area contributed by atoms with Gasteiger partial charge in [-0.05, 0) is 40.1 Å². The molecule has 1 amide bonds. The van der Waals surface area contributed by atoms with Crippen LogP contribution in [0.5, 0.6) is 0 Å². The number of nitrogens with zero attached hydrogens (tertiary/aromatic N) is 2. The van der Waals surface area contributed by atoms with E-state index in [1.807, 2.05) is 42.5 Å². The van der Waals surface area contributed by atoms with Gasteiger partial charge in [-0.3, -0.25) is 4.79 Å². The molecule has 0 radical (unpaired) electrons. The Morgan fingerprint density at radius 1 is 0.931 bits per heavy atom. The number of hydrazone groups is 1. The third-order valence-electron chi connectivity index (χ3n) is 4.41. The van der Waals surface area contributed by atoms with Crippen molar-refractivity contribution >= 4 is 29.1 Å². The van der Waals surface area contributed by atoms with E-state index in [0.29, 0.717) is 6.41 Å². The molecule has 3 rings (SSSR count). The lowest BCUT2D eigenvalue weighted by Crippen LogP contribution is -2.15. The molecule has 0 unspecified atom stereocenters. The maximum Gasteiger partial charge on any atom is 0.227 e. The number of benzene rings is 3. The van der Waals surface area contributed by atoms with Crippen LogP contribution < -0.4 is 10.3 Å². The zero-order chi connectivity index (χ0) is 20.3. The number of rotatable bonds is 9. The molecular weight excluding hydrogens is 358 g/mol. The summed E-state index contributed by atoms with van der Waals surface area (Å²) in [6, 6.07) is 22.8. The topological polar surface area (TPSA) is 44.7 Å². The van der Waals surface area contributed by atoms with E-state index in [1.165, 1.54) is 16.3 Å². The van der Waals surface area contributed by atoms with Crippen molar-refractivity contribution in [1.82, 2.24) is 5.43 Å². The average molecular weight is 381 g/mol. The first-order chi connectivity index (χ1) is 14.3. The molecule has 29 heavy (non-hydrogen) atoms. The maximum atomic E-state index is 10.3. The van der Waals surface area contributed by atoms with Gasteiger partial charge in [-0.15, -0.1) is 0 Å². The molecule has 3 aromatic rings. The van der Waals surface area contributed by atoms with Crippen LogP contribution in [0.1, 0.15) is 11.1 Å². The standard InChI is InChI=1S/C25H23N3O/c1-2-3-4-7-17-28(24-15-13-21(14-16-24)18-26-27-20-29)19-23-11-8-10-22-9-5-6-12-25(22)23/h2-18,20H,1,19H2,(H,27,29)/b4-3-,17-7+,26-18+. The highest BCUT2D eigenvalue weighted by atomic mass is 16.1. The highest BCUT2D eigenvalue weighted by molar-refractivity contribution is 5.86. The quantitative estimate of drug-likeness (QED) is 0.240. The average Bonchev–Trinajstić information content (AvgIpc) is 2.77. The molecule has 3 aromatic carbocycles. The summed E-state index contributed by atoms with van der Waals surface area (Å²) in [5.41, 5.74) is 5.49. The van der Waals surface area contributed by atoms with E-state index in [4.69, 9.17) is 0 Å². The third-order valence-corrected chi connectivity index (χ3v) is 4.41. The van der Waals surface area contributed by atoms with E-state index in [-0.39, 0.29) is 0 Å². The summed E-state index contributed by atoms with van der Waals surface area (Å²) in [5.74, 6) is 0. The van der Waals surface area contributed by atoms with Gasteiger partial charge in [0.15, 0.2) is 0 Å². The number of nitrogens with one attached hydrogen (secondary N) is 1. The molecule has 4 heteroatoms. The molecule has 0 saturated carbocycles. The van der Waals surface area contributed by atoms with Gasteiger partial charge in [-0.2, -0.15) is 5.10 Å². The van der Waals surface area contributed by atoms with Crippen molar-refractivity contribution in [2.45, 2.75) is 6.54 Å².